The number of aromatic nitrogens is 2. The number of H-pyrrole nitrogens is 1. The number of fused-ring (bicyclic) bond motifs is 1. The van der Waals surface area contributed by atoms with Crippen LogP contribution >= 0.6 is 0 Å². The lowest BCUT2D eigenvalue weighted by Crippen LogP contribution is -2.52. The molecule has 0 bridgehead atoms. The summed E-state index contributed by atoms with van der Waals surface area (Å²) < 4.78 is 0. The van der Waals surface area contributed by atoms with Gasteiger partial charge in [0.15, 0.2) is 0 Å². The van der Waals surface area contributed by atoms with Gasteiger partial charge in [0.25, 0.3) is 11.2 Å². The number of carboxylic acid groups (broad SMARTS) is 1. The number of aromatic amines is 1. The lowest BCUT2D eigenvalue weighted by atomic mass is 9.85. The predicted octanol–water partition coefficient (Wildman–Crippen LogP) is 1.57. The van der Waals surface area contributed by atoms with E-state index in [0.717, 1.165) is 19.4 Å². The summed E-state index contributed by atoms with van der Waals surface area (Å²) in [5, 5.41) is 23.3. The number of carbonyl (C=O) groups is 1. The van der Waals surface area contributed by atoms with Crippen molar-refractivity contribution in [1.29, 1.82) is 0 Å². The van der Waals surface area contributed by atoms with E-state index in [1.54, 1.807) is 0 Å². The summed E-state index contributed by atoms with van der Waals surface area (Å²) in [5.41, 5.74) is -0.209. The quantitative estimate of drug-likeness (QED) is 0.458. The molecule has 1 heterocycles. The Kier molecular flexibility index (Phi) is 4.71. The Balaban J connectivity index is 1.41. The number of carboxylic acids is 1. The van der Waals surface area contributed by atoms with Crippen LogP contribution in [0.15, 0.2) is 23.0 Å². The second kappa shape index (κ2) is 7.19. The van der Waals surface area contributed by atoms with Gasteiger partial charge >= 0.3 is 5.97 Å². The molecule has 10 nitrogen and oxygen atoms in total. The number of hydrogen-bond acceptors (Lipinski definition) is 7. The normalized spacial score (nSPS) is 21.5. The standard InChI is InChI=1S/C18H21N5O5/c24-16(25)9-22(8-10-1-2-10)13-5-11(6-13)19-18-20-15-4-3-12(23(27)28)7-14(15)17(26)21-18/h3-4,7,10-11,13H,1-2,5-6,8-9H2,(H,24,25)(H2,19,20,21,26). The fraction of sp³-hybridized carbons (Fsp3) is 0.500. The highest BCUT2D eigenvalue weighted by Gasteiger charge is 2.37. The number of non-ortho nitro benzene ring substituents is 1. The van der Waals surface area contributed by atoms with Gasteiger partial charge in [-0.15, -0.1) is 0 Å². The molecule has 148 valence electrons. The van der Waals surface area contributed by atoms with Crippen molar-refractivity contribution in [2.75, 3.05) is 18.4 Å². The van der Waals surface area contributed by atoms with E-state index in [1.165, 1.54) is 31.0 Å². The average Bonchev–Trinajstić information content (AvgIpc) is 3.40. The summed E-state index contributed by atoms with van der Waals surface area (Å²) in [6.07, 6.45) is 3.90. The largest absolute Gasteiger partial charge is 0.480 e. The molecule has 1 aromatic carbocycles. The molecule has 3 N–H and O–H groups in total. The van der Waals surface area contributed by atoms with Crippen LogP contribution in [0.4, 0.5) is 11.6 Å². The van der Waals surface area contributed by atoms with Gasteiger partial charge < -0.3 is 10.4 Å². The first-order chi connectivity index (χ1) is 13.4. The summed E-state index contributed by atoms with van der Waals surface area (Å²) in [7, 11) is 0. The molecule has 4 rings (SSSR count). The maximum Gasteiger partial charge on any atom is 0.317 e. The Morgan fingerprint density at radius 2 is 2.14 bits per heavy atom. The van der Waals surface area contributed by atoms with E-state index >= 15 is 0 Å². The predicted molar refractivity (Wildman–Crippen MR) is 101 cm³/mol. The third-order valence-corrected chi connectivity index (χ3v) is 5.40. The number of hydrogen-bond donors (Lipinski definition) is 3. The lowest BCUT2D eigenvalue weighted by molar-refractivity contribution is -0.384. The zero-order valence-corrected chi connectivity index (χ0v) is 15.1. The van der Waals surface area contributed by atoms with Crippen molar-refractivity contribution in [2.45, 2.75) is 37.8 Å². The van der Waals surface area contributed by atoms with E-state index in [-0.39, 0.29) is 29.7 Å². The number of nitrogens with one attached hydrogen (secondary N) is 2. The summed E-state index contributed by atoms with van der Waals surface area (Å²) in [4.78, 5) is 42.7. The zero-order chi connectivity index (χ0) is 19.8. The molecule has 0 atom stereocenters. The molecule has 2 fully saturated rings. The molecule has 0 spiro atoms. The van der Waals surface area contributed by atoms with E-state index < -0.39 is 16.5 Å². The smallest absolute Gasteiger partial charge is 0.317 e. The molecule has 0 amide bonds. The molecule has 2 aromatic rings. The summed E-state index contributed by atoms with van der Waals surface area (Å²) >= 11 is 0. The first-order valence-electron chi connectivity index (χ1n) is 9.30. The molecule has 28 heavy (non-hydrogen) atoms. The topological polar surface area (TPSA) is 141 Å². The minimum atomic E-state index is -0.813. The number of rotatable bonds is 8. The van der Waals surface area contributed by atoms with Crippen molar-refractivity contribution in [3.63, 3.8) is 0 Å². The van der Waals surface area contributed by atoms with Crippen LogP contribution in [-0.4, -0.2) is 56.0 Å². The van der Waals surface area contributed by atoms with Gasteiger partial charge in [-0.1, -0.05) is 0 Å². The highest BCUT2D eigenvalue weighted by atomic mass is 16.6. The first-order valence-corrected chi connectivity index (χ1v) is 9.30. The average molecular weight is 387 g/mol. The summed E-state index contributed by atoms with van der Waals surface area (Å²) in [6.45, 7) is 0.880. The lowest BCUT2D eigenvalue weighted by Gasteiger charge is -2.42. The van der Waals surface area contributed by atoms with Crippen LogP contribution < -0.4 is 10.9 Å². The van der Waals surface area contributed by atoms with Gasteiger partial charge in [-0.25, -0.2) is 4.98 Å². The molecule has 0 aliphatic heterocycles. The highest BCUT2D eigenvalue weighted by molar-refractivity contribution is 5.81. The Hall–Kier alpha value is -3.01. The molecule has 2 aliphatic rings. The van der Waals surface area contributed by atoms with Crippen molar-refractivity contribution in [1.82, 2.24) is 14.9 Å². The van der Waals surface area contributed by atoms with Gasteiger partial charge in [-0.05, 0) is 37.7 Å². The van der Waals surface area contributed by atoms with Crippen molar-refractivity contribution in [3.8, 4) is 0 Å². The second-order valence-electron chi connectivity index (χ2n) is 7.61. The number of benzene rings is 1. The summed E-state index contributed by atoms with van der Waals surface area (Å²) in [6, 6.07) is 4.30. The SMILES string of the molecule is O=C(O)CN(CC1CC1)C1CC(Nc2nc3ccc([N+](=O)[O-])cc3c(=O)[nH]2)C1. The van der Waals surface area contributed by atoms with Crippen molar-refractivity contribution in [2.24, 2.45) is 5.92 Å². The van der Waals surface area contributed by atoms with Gasteiger partial charge in [0.05, 0.1) is 22.4 Å². The van der Waals surface area contributed by atoms with Crippen LogP contribution in [0.25, 0.3) is 10.9 Å². The van der Waals surface area contributed by atoms with Crippen LogP contribution in [0.1, 0.15) is 25.7 Å². The van der Waals surface area contributed by atoms with Gasteiger partial charge in [0.1, 0.15) is 0 Å². The van der Waals surface area contributed by atoms with Gasteiger partial charge in [-0.3, -0.25) is 29.6 Å². The highest BCUT2D eigenvalue weighted by Crippen LogP contribution is 2.34. The number of nitro benzene ring substituents is 1. The molecule has 10 heteroatoms. The van der Waals surface area contributed by atoms with Gasteiger partial charge in [-0.2, -0.15) is 0 Å². The van der Waals surface area contributed by atoms with E-state index in [4.69, 9.17) is 5.11 Å². The van der Waals surface area contributed by atoms with E-state index in [2.05, 4.69) is 15.3 Å². The number of anilines is 1. The Morgan fingerprint density at radius 3 is 2.79 bits per heavy atom. The van der Waals surface area contributed by atoms with E-state index in [1.807, 2.05) is 4.90 Å². The molecule has 2 aliphatic carbocycles. The number of nitrogens with zero attached hydrogens (tertiary/aromatic N) is 3. The molecular weight excluding hydrogens is 366 g/mol. The Morgan fingerprint density at radius 1 is 1.39 bits per heavy atom. The maximum atomic E-state index is 12.3. The van der Waals surface area contributed by atoms with Crippen molar-refractivity contribution < 1.29 is 14.8 Å². The second-order valence-corrected chi connectivity index (χ2v) is 7.61. The third kappa shape index (κ3) is 3.96. The van der Waals surface area contributed by atoms with Gasteiger partial charge in [0.2, 0.25) is 5.95 Å². The maximum absolute atomic E-state index is 12.3. The fourth-order valence-electron chi connectivity index (χ4n) is 3.65. The van der Waals surface area contributed by atoms with Crippen molar-refractivity contribution >= 4 is 28.5 Å². The Bertz CT molecular complexity index is 980. The minimum Gasteiger partial charge on any atom is -0.480 e. The molecule has 0 unspecified atom stereocenters. The summed E-state index contributed by atoms with van der Waals surface area (Å²) in [5.74, 6) is 0.127. The van der Waals surface area contributed by atoms with Crippen LogP contribution in [0.2, 0.25) is 0 Å². The monoisotopic (exact) mass is 387 g/mol. The molecule has 2 saturated carbocycles. The van der Waals surface area contributed by atoms with Crippen LogP contribution in [0, 0.1) is 16.0 Å². The first kappa shape index (κ1) is 18.4. The number of nitro groups is 1. The number of aliphatic carboxylic acids is 1. The van der Waals surface area contributed by atoms with E-state index in [9.17, 15) is 19.7 Å². The zero-order valence-electron chi connectivity index (χ0n) is 15.1. The fourth-order valence-corrected chi connectivity index (χ4v) is 3.65. The molecule has 0 saturated heterocycles. The van der Waals surface area contributed by atoms with Gasteiger partial charge in [0, 0.05) is 30.8 Å². The molecule has 1 aromatic heterocycles. The molecular formula is C18H21N5O5. The van der Waals surface area contributed by atoms with E-state index in [0.29, 0.717) is 17.4 Å². The Labute approximate surface area is 159 Å². The minimum absolute atomic E-state index is 0.0533. The van der Waals surface area contributed by atoms with Crippen LogP contribution in [0.3, 0.4) is 0 Å². The third-order valence-electron chi connectivity index (χ3n) is 5.40. The van der Waals surface area contributed by atoms with Crippen molar-refractivity contribution in [3.05, 3.63) is 38.7 Å². The van der Waals surface area contributed by atoms with Crippen LogP contribution in [0.5, 0.6) is 0 Å². The van der Waals surface area contributed by atoms with Crippen LogP contribution in [-0.2, 0) is 4.79 Å². The molecule has 0 radical (unpaired) electrons.